The van der Waals surface area contributed by atoms with Gasteiger partial charge in [-0.05, 0) is 32.9 Å². The Hall–Kier alpha value is -0.810. The van der Waals surface area contributed by atoms with Crippen molar-refractivity contribution < 1.29 is 9.53 Å². The Morgan fingerprint density at radius 3 is 2.57 bits per heavy atom. The molecular weight excluding hydrogens is 311 g/mol. The van der Waals surface area contributed by atoms with Crippen LogP contribution < -0.4 is 5.32 Å². The molecule has 1 heterocycles. The number of ether oxygens (including phenoxy) is 1. The number of nitrogens with one attached hydrogen (secondary N) is 1. The number of rotatable bonds is 3. The summed E-state index contributed by atoms with van der Waals surface area (Å²) >= 11 is 12.0. The molecule has 1 aliphatic heterocycles. The molecule has 116 valence electrons. The van der Waals surface area contributed by atoms with Crippen LogP contribution in [0.1, 0.15) is 20.8 Å². The largest absolute Gasteiger partial charge is 0.373 e. The van der Waals surface area contributed by atoms with E-state index in [0.29, 0.717) is 15.7 Å². The first-order valence-electron chi connectivity index (χ1n) is 7.03. The Morgan fingerprint density at radius 2 is 1.95 bits per heavy atom. The van der Waals surface area contributed by atoms with E-state index in [1.807, 2.05) is 20.8 Å². The maximum absolute atomic E-state index is 12.4. The quantitative estimate of drug-likeness (QED) is 0.923. The fraction of sp³-hybridized carbons (Fsp3) is 0.533. The minimum atomic E-state index is -0.256. The monoisotopic (exact) mass is 330 g/mol. The molecule has 21 heavy (non-hydrogen) atoms. The van der Waals surface area contributed by atoms with Gasteiger partial charge in [-0.3, -0.25) is 9.69 Å². The van der Waals surface area contributed by atoms with Crippen LogP contribution in [0.25, 0.3) is 0 Å². The zero-order chi connectivity index (χ0) is 15.6. The summed E-state index contributed by atoms with van der Waals surface area (Å²) in [4.78, 5) is 14.5. The van der Waals surface area contributed by atoms with Crippen LogP contribution >= 0.6 is 23.2 Å². The molecule has 1 fully saturated rings. The minimum Gasteiger partial charge on any atom is -0.373 e. The maximum atomic E-state index is 12.4. The van der Waals surface area contributed by atoms with Gasteiger partial charge in [-0.15, -0.1) is 0 Å². The van der Waals surface area contributed by atoms with Crippen LogP contribution in [-0.4, -0.2) is 42.1 Å². The molecule has 0 aliphatic carbocycles. The van der Waals surface area contributed by atoms with E-state index < -0.39 is 0 Å². The second-order valence-electron chi connectivity index (χ2n) is 5.48. The second kappa shape index (κ2) is 6.97. The number of carbonyl (C=O) groups is 1. The number of morpholine rings is 1. The molecule has 3 unspecified atom stereocenters. The van der Waals surface area contributed by atoms with Crippen molar-refractivity contribution in [2.24, 2.45) is 0 Å². The van der Waals surface area contributed by atoms with E-state index in [0.717, 1.165) is 13.1 Å². The Bertz CT molecular complexity index is 514. The summed E-state index contributed by atoms with van der Waals surface area (Å²) in [5.74, 6) is -0.0968. The molecule has 1 aromatic carbocycles. The molecule has 3 atom stereocenters. The normalized spacial score (nSPS) is 24.6. The van der Waals surface area contributed by atoms with Crippen LogP contribution in [-0.2, 0) is 9.53 Å². The number of anilines is 1. The average Bonchev–Trinajstić information content (AvgIpc) is 2.42. The van der Waals surface area contributed by atoms with E-state index in [-0.39, 0.29) is 24.2 Å². The molecule has 1 N–H and O–H groups in total. The first-order chi connectivity index (χ1) is 9.88. The zero-order valence-electron chi connectivity index (χ0n) is 12.4. The average molecular weight is 331 g/mol. The van der Waals surface area contributed by atoms with Crippen LogP contribution in [0.2, 0.25) is 10.0 Å². The summed E-state index contributed by atoms with van der Waals surface area (Å²) in [5.41, 5.74) is 0.537. The van der Waals surface area contributed by atoms with Crippen LogP contribution in [0.3, 0.4) is 0 Å². The molecule has 0 radical (unpaired) electrons. The fourth-order valence-electron chi connectivity index (χ4n) is 2.54. The minimum absolute atomic E-state index is 0.0968. The highest BCUT2D eigenvalue weighted by Crippen LogP contribution is 2.29. The lowest BCUT2D eigenvalue weighted by molar-refractivity contribution is -0.126. The van der Waals surface area contributed by atoms with Crippen molar-refractivity contribution in [3.63, 3.8) is 0 Å². The van der Waals surface area contributed by atoms with Gasteiger partial charge in [0.05, 0.1) is 34.0 Å². The molecule has 1 amide bonds. The third-order valence-corrected chi connectivity index (χ3v) is 4.40. The smallest absolute Gasteiger partial charge is 0.241 e. The van der Waals surface area contributed by atoms with Gasteiger partial charge >= 0.3 is 0 Å². The van der Waals surface area contributed by atoms with E-state index >= 15 is 0 Å². The summed E-state index contributed by atoms with van der Waals surface area (Å²) in [5, 5.41) is 3.63. The zero-order valence-corrected chi connectivity index (χ0v) is 13.9. The van der Waals surface area contributed by atoms with Crippen molar-refractivity contribution in [2.45, 2.75) is 39.0 Å². The Balaban J connectivity index is 2.04. The van der Waals surface area contributed by atoms with E-state index in [1.165, 1.54) is 0 Å². The third-order valence-electron chi connectivity index (χ3n) is 3.58. The highest BCUT2D eigenvalue weighted by atomic mass is 35.5. The first kappa shape index (κ1) is 16.6. The Kier molecular flexibility index (Phi) is 5.49. The summed E-state index contributed by atoms with van der Waals surface area (Å²) in [7, 11) is 0. The van der Waals surface area contributed by atoms with Crippen LogP contribution in [0.5, 0.6) is 0 Å². The fourth-order valence-corrected chi connectivity index (χ4v) is 2.89. The van der Waals surface area contributed by atoms with Crippen molar-refractivity contribution >= 4 is 34.8 Å². The lowest BCUT2D eigenvalue weighted by atomic mass is 10.1. The van der Waals surface area contributed by atoms with Gasteiger partial charge in [0.15, 0.2) is 0 Å². The lowest BCUT2D eigenvalue weighted by Crippen LogP contribution is -2.52. The molecule has 0 bridgehead atoms. The molecule has 6 heteroatoms. The van der Waals surface area contributed by atoms with E-state index in [2.05, 4.69) is 10.2 Å². The molecule has 2 rings (SSSR count). The summed E-state index contributed by atoms with van der Waals surface area (Å²) in [6.07, 6.45) is 0.248. The van der Waals surface area contributed by atoms with Crippen molar-refractivity contribution in [1.82, 2.24) is 4.90 Å². The maximum Gasteiger partial charge on any atom is 0.241 e. The predicted octanol–water partition coefficient (Wildman–Crippen LogP) is 3.43. The highest BCUT2D eigenvalue weighted by Gasteiger charge is 2.29. The molecule has 1 saturated heterocycles. The number of carbonyl (C=O) groups excluding carboxylic acids is 1. The van der Waals surface area contributed by atoms with Crippen LogP contribution in [0, 0.1) is 0 Å². The molecule has 4 nitrogen and oxygen atoms in total. The summed E-state index contributed by atoms with van der Waals surface area (Å²) in [6, 6.07) is 4.93. The third kappa shape index (κ3) is 4.10. The van der Waals surface area contributed by atoms with E-state index in [9.17, 15) is 4.79 Å². The highest BCUT2D eigenvalue weighted by molar-refractivity contribution is 6.44. The standard InChI is InChI=1S/C15H20Cl2N2O2/c1-9-7-19(8-10(2)21-9)11(3)15(20)18-13-6-4-5-12(16)14(13)17/h4-6,9-11H,7-8H2,1-3H3,(H,18,20). The van der Waals surface area contributed by atoms with Gasteiger partial charge in [0.2, 0.25) is 5.91 Å². The molecule has 1 aliphatic rings. The van der Waals surface area contributed by atoms with Crippen LogP contribution in [0.4, 0.5) is 5.69 Å². The molecular formula is C15H20Cl2N2O2. The number of hydrogen-bond acceptors (Lipinski definition) is 3. The Morgan fingerprint density at radius 1 is 1.33 bits per heavy atom. The van der Waals surface area contributed by atoms with Gasteiger partial charge in [0.1, 0.15) is 0 Å². The van der Waals surface area contributed by atoms with Crippen molar-refractivity contribution in [3.8, 4) is 0 Å². The van der Waals surface area contributed by atoms with Crippen LogP contribution in [0.15, 0.2) is 18.2 Å². The van der Waals surface area contributed by atoms with Gasteiger partial charge in [-0.1, -0.05) is 29.3 Å². The van der Waals surface area contributed by atoms with Crippen molar-refractivity contribution in [3.05, 3.63) is 28.2 Å². The number of nitrogens with zero attached hydrogens (tertiary/aromatic N) is 1. The van der Waals surface area contributed by atoms with Gasteiger partial charge in [-0.25, -0.2) is 0 Å². The van der Waals surface area contributed by atoms with Gasteiger partial charge in [0, 0.05) is 13.1 Å². The second-order valence-corrected chi connectivity index (χ2v) is 6.26. The van der Waals surface area contributed by atoms with Crippen molar-refractivity contribution in [1.29, 1.82) is 0 Å². The molecule has 1 aromatic rings. The van der Waals surface area contributed by atoms with Crippen molar-refractivity contribution in [2.75, 3.05) is 18.4 Å². The topological polar surface area (TPSA) is 41.6 Å². The molecule has 0 spiro atoms. The number of benzene rings is 1. The lowest BCUT2D eigenvalue weighted by Gasteiger charge is -2.38. The van der Waals surface area contributed by atoms with Gasteiger partial charge in [0.25, 0.3) is 0 Å². The van der Waals surface area contributed by atoms with Gasteiger partial charge < -0.3 is 10.1 Å². The number of hydrogen-bond donors (Lipinski definition) is 1. The van der Waals surface area contributed by atoms with E-state index in [4.69, 9.17) is 27.9 Å². The number of halogens is 2. The summed E-state index contributed by atoms with van der Waals surface area (Å²) < 4.78 is 5.69. The van der Waals surface area contributed by atoms with Gasteiger partial charge in [-0.2, -0.15) is 0 Å². The molecule has 0 saturated carbocycles. The predicted molar refractivity (Wildman–Crippen MR) is 86.1 cm³/mol. The Labute approximate surface area is 135 Å². The SMILES string of the molecule is CC1CN(C(C)C(=O)Nc2cccc(Cl)c2Cl)CC(C)O1. The van der Waals surface area contributed by atoms with E-state index in [1.54, 1.807) is 18.2 Å². The summed E-state index contributed by atoms with van der Waals surface area (Å²) in [6.45, 7) is 7.39. The number of amides is 1. The first-order valence-corrected chi connectivity index (χ1v) is 7.78. The molecule has 0 aromatic heterocycles.